The Morgan fingerprint density at radius 2 is 1.73 bits per heavy atom. The molecule has 40 heavy (non-hydrogen) atoms. The fraction of sp³-hybridized carbons (Fsp3) is 0.265. The molecule has 0 saturated carbocycles. The number of pyridine rings is 1. The van der Waals surface area contributed by atoms with Gasteiger partial charge in [0.25, 0.3) is 5.91 Å². The van der Waals surface area contributed by atoms with Crippen LogP contribution < -0.4 is 10.7 Å². The van der Waals surface area contributed by atoms with Crippen LogP contribution in [0.1, 0.15) is 49.2 Å². The van der Waals surface area contributed by atoms with E-state index in [0.29, 0.717) is 18.7 Å². The average Bonchev–Trinajstić information content (AvgIpc) is 2.98. The molecule has 2 aromatic carbocycles. The number of nitrogens with one attached hydrogen (secondary N) is 1. The van der Waals surface area contributed by atoms with Gasteiger partial charge in [0.2, 0.25) is 0 Å². The molecule has 6 nitrogen and oxygen atoms in total. The number of nitrogens with zero attached hydrogens (tertiary/aromatic N) is 3. The molecular formula is C34H38N4O2. The summed E-state index contributed by atoms with van der Waals surface area (Å²) >= 11 is 0. The van der Waals surface area contributed by atoms with Crippen molar-refractivity contribution < 1.29 is 9.21 Å². The standard InChI is InChI=1S/C32H32N4O2.C2H6/c1-5-34-23-11-12-26-29(18-23)38-30-19-28(35-6-2)21(3)17-27(30)31(26)24-9-7-8-10-25(24)32(37)36(4)20-22-13-15-33-16-14-22;1-2/h7-19,34H,5-6,20H2,1-4H3;1-2H3. The first-order chi connectivity index (χ1) is 19.5. The van der Waals surface area contributed by atoms with Crippen LogP contribution in [0.2, 0.25) is 0 Å². The van der Waals surface area contributed by atoms with Crippen molar-refractivity contribution in [3.8, 4) is 22.5 Å². The third-order valence-electron chi connectivity index (χ3n) is 6.69. The lowest BCUT2D eigenvalue weighted by Crippen LogP contribution is -2.26. The smallest absolute Gasteiger partial charge is 0.254 e. The number of fused-ring (bicyclic) bond motifs is 2. The quantitative estimate of drug-likeness (QED) is 0.219. The molecule has 0 radical (unpaired) electrons. The van der Waals surface area contributed by atoms with E-state index in [-0.39, 0.29) is 5.91 Å². The molecule has 1 N–H and O–H groups in total. The van der Waals surface area contributed by atoms with Crippen LogP contribution in [0.4, 0.5) is 5.69 Å². The monoisotopic (exact) mass is 534 g/mol. The molecule has 0 bridgehead atoms. The third kappa shape index (κ3) is 5.91. The van der Waals surface area contributed by atoms with E-state index in [2.05, 4.69) is 47.3 Å². The lowest BCUT2D eigenvalue weighted by molar-refractivity contribution is 0.0786. The number of benzene rings is 3. The molecule has 3 aromatic rings. The first-order valence-electron chi connectivity index (χ1n) is 14.0. The van der Waals surface area contributed by atoms with Crippen LogP contribution in [-0.4, -0.2) is 35.9 Å². The van der Waals surface area contributed by atoms with Crippen molar-refractivity contribution in [1.82, 2.24) is 9.88 Å². The van der Waals surface area contributed by atoms with E-state index in [1.807, 2.05) is 76.3 Å². The molecule has 1 aromatic heterocycles. The molecule has 1 aliphatic carbocycles. The number of rotatable bonds is 7. The van der Waals surface area contributed by atoms with Crippen LogP contribution in [0.15, 0.2) is 88.5 Å². The fourth-order valence-electron chi connectivity index (χ4n) is 4.91. The van der Waals surface area contributed by atoms with Gasteiger partial charge in [-0.15, -0.1) is 0 Å². The molecule has 206 valence electrons. The molecule has 1 aliphatic heterocycles. The maximum atomic E-state index is 13.8. The topological polar surface area (TPSA) is 70.7 Å². The van der Waals surface area contributed by atoms with E-state index in [4.69, 9.17) is 4.42 Å². The van der Waals surface area contributed by atoms with Gasteiger partial charge in [-0.25, -0.2) is 0 Å². The lowest BCUT2D eigenvalue weighted by Gasteiger charge is -2.22. The van der Waals surface area contributed by atoms with E-state index in [9.17, 15) is 4.79 Å². The van der Waals surface area contributed by atoms with E-state index in [1.54, 1.807) is 17.3 Å². The second-order valence-electron chi connectivity index (χ2n) is 9.39. The molecule has 0 unspecified atom stereocenters. The Labute approximate surface area is 236 Å². The van der Waals surface area contributed by atoms with Crippen LogP contribution in [0.5, 0.6) is 0 Å². The van der Waals surface area contributed by atoms with Crippen LogP contribution in [0.3, 0.4) is 0 Å². The highest BCUT2D eigenvalue weighted by atomic mass is 16.3. The van der Waals surface area contributed by atoms with E-state index in [0.717, 1.165) is 62.1 Å². The molecule has 0 atom stereocenters. The largest absolute Gasteiger partial charge is 0.456 e. The Bertz CT molecular complexity index is 1640. The van der Waals surface area contributed by atoms with Gasteiger partial charge < -0.3 is 14.6 Å². The summed E-state index contributed by atoms with van der Waals surface area (Å²) in [7, 11) is 1.83. The zero-order valence-corrected chi connectivity index (χ0v) is 24.3. The summed E-state index contributed by atoms with van der Waals surface area (Å²) in [4.78, 5) is 24.3. The number of carbonyl (C=O) groups excluding carboxylic acids is 1. The molecule has 5 rings (SSSR count). The van der Waals surface area contributed by atoms with Gasteiger partial charge in [0, 0.05) is 79.0 Å². The Hall–Kier alpha value is -4.45. The van der Waals surface area contributed by atoms with Gasteiger partial charge in [-0.05, 0) is 73.9 Å². The summed E-state index contributed by atoms with van der Waals surface area (Å²) in [6.45, 7) is 12.2. The van der Waals surface area contributed by atoms with Crippen molar-refractivity contribution in [1.29, 1.82) is 0 Å². The summed E-state index contributed by atoms with van der Waals surface area (Å²) in [5, 5.41) is 5.24. The van der Waals surface area contributed by atoms with Gasteiger partial charge in [-0.2, -0.15) is 0 Å². The molecular weight excluding hydrogens is 496 g/mol. The predicted molar refractivity (Wildman–Crippen MR) is 165 cm³/mol. The number of carbonyl (C=O) groups is 1. The first kappa shape index (κ1) is 28.6. The van der Waals surface area contributed by atoms with Gasteiger partial charge in [0.05, 0.1) is 5.36 Å². The van der Waals surface area contributed by atoms with Crippen molar-refractivity contribution in [3.05, 3.63) is 101 Å². The van der Waals surface area contributed by atoms with Crippen molar-refractivity contribution in [3.63, 3.8) is 0 Å². The average molecular weight is 535 g/mol. The lowest BCUT2D eigenvalue weighted by atomic mass is 9.89. The Morgan fingerprint density at radius 1 is 0.975 bits per heavy atom. The number of aryl methyl sites for hydroxylation is 1. The molecule has 2 heterocycles. The maximum absolute atomic E-state index is 13.8. The van der Waals surface area contributed by atoms with Crippen LogP contribution in [-0.2, 0) is 6.54 Å². The Kier molecular flexibility index (Phi) is 9.33. The SMILES string of the molecule is CC.CCN=c1cc2oc3cc(NCC)ccc3c(-c3ccccc3C(=O)N(C)Cc3ccncc3)c-2cc1C. The summed E-state index contributed by atoms with van der Waals surface area (Å²) in [5.74, 6) is 0.699. The van der Waals surface area contributed by atoms with Crippen molar-refractivity contribution in [2.24, 2.45) is 4.99 Å². The molecule has 2 aliphatic rings. The number of aromatic nitrogens is 1. The van der Waals surface area contributed by atoms with E-state index in [1.165, 1.54) is 0 Å². The second kappa shape index (κ2) is 13.1. The van der Waals surface area contributed by atoms with Gasteiger partial charge >= 0.3 is 0 Å². The third-order valence-corrected chi connectivity index (χ3v) is 6.69. The van der Waals surface area contributed by atoms with Gasteiger partial charge in [0.15, 0.2) is 0 Å². The molecule has 1 amide bonds. The highest BCUT2D eigenvalue weighted by Gasteiger charge is 2.23. The summed E-state index contributed by atoms with van der Waals surface area (Å²) in [6, 6.07) is 22.0. The number of amides is 1. The van der Waals surface area contributed by atoms with E-state index >= 15 is 0 Å². The van der Waals surface area contributed by atoms with Gasteiger partial charge in [-0.3, -0.25) is 14.8 Å². The normalized spacial score (nSPS) is 11.3. The fourth-order valence-corrected chi connectivity index (χ4v) is 4.91. The van der Waals surface area contributed by atoms with Crippen LogP contribution in [0.25, 0.3) is 33.4 Å². The molecule has 0 spiro atoms. The van der Waals surface area contributed by atoms with Crippen molar-refractivity contribution in [2.45, 2.75) is 41.2 Å². The molecule has 0 fully saturated rings. The number of anilines is 1. The highest BCUT2D eigenvalue weighted by Crippen LogP contribution is 2.42. The minimum absolute atomic E-state index is 0.0434. The second-order valence-corrected chi connectivity index (χ2v) is 9.39. The Balaban J connectivity index is 0.00000181. The highest BCUT2D eigenvalue weighted by molar-refractivity contribution is 6.09. The minimum Gasteiger partial charge on any atom is -0.456 e. The van der Waals surface area contributed by atoms with Crippen molar-refractivity contribution >= 4 is 22.6 Å². The zero-order chi connectivity index (χ0) is 28.6. The van der Waals surface area contributed by atoms with Gasteiger partial charge in [-0.1, -0.05) is 32.0 Å². The zero-order valence-electron chi connectivity index (χ0n) is 24.3. The van der Waals surface area contributed by atoms with Gasteiger partial charge in [0.1, 0.15) is 11.3 Å². The van der Waals surface area contributed by atoms with Crippen LogP contribution >= 0.6 is 0 Å². The van der Waals surface area contributed by atoms with Crippen LogP contribution in [0, 0.1) is 6.92 Å². The van der Waals surface area contributed by atoms with E-state index < -0.39 is 0 Å². The summed E-state index contributed by atoms with van der Waals surface area (Å²) < 4.78 is 6.46. The minimum atomic E-state index is -0.0434. The summed E-state index contributed by atoms with van der Waals surface area (Å²) in [6.07, 6.45) is 3.49. The van der Waals surface area contributed by atoms with Crippen molar-refractivity contribution in [2.75, 3.05) is 25.5 Å². The predicted octanol–water partition coefficient (Wildman–Crippen LogP) is 7.56. The Morgan fingerprint density at radius 3 is 2.45 bits per heavy atom. The molecule has 0 saturated heterocycles. The number of hydrogen-bond donors (Lipinski definition) is 1. The first-order valence-corrected chi connectivity index (χ1v) is 14.0. The number of hydrogen-bond acceptors (Lipinski definition) is 5. The summed E-state index contributed by atoms with van der Waals surface area (Å²) in [5.41, 5.74) is 7.30. The molecule has 6 heteroatoms. The maximum Gasteiger partial charge on any atom is 0.254 e.